The van der Waals surface area contributed by atoms with Gasteiger partial charge in [0.15, 0.2) is 0 Å². The van der Waals surface area contributed by atoms with Gasteiger partial charge in [0.25, 0.3) is 0 Å². The molecule has 0 radical (unpaired) electrons. The van der Waals surface area contributed by atoms with Crippen LogP contribution in [0.15, 0.2) is 12.3 Å². The highest BCUT2D eigenvalue weighted by atomic mass is 127. The summed E-state index contributed by atoms with van der Waals surface area (Å²) in [6.07, 6.45) is 3.23. The van der Waals surface area contributed by atoms with Crippen LogP contribution in [0, 0.1) is 6.92 Å². The molecule has 0 bridgehead atoms. The van der Waals surface area contributed by atoms with Gasteiger partial charge in [-0.25, -0.2) is 0 Å². The van der Waals surface area contributed by atoms with Crippen LogP contribution in [0.2, 0.25) is 0 Å². The molecular formula is C8H15IN2. The van der Waals surface area contributed by atoms with Crippen LogP contribution in [0.4, 0.5) is 0 Å². The first-order chi connectivity index (χ1) is 5.20. The molecule has 1 rings (SSSR count). The molecule has 64 valence electrons. The van der Waals surface area contributed by atoms with E-state index in [4.69, 9.17) is 0 Å². The molecule has 1 heterocycles. The van der Waals surface area contributed by atoms with E-state index < -0.39 is 0 Å². The fraction of sp³-hybridized carbons (Fsp3) is 0.625. The Hall–Kier alpha value is -0.0600. The number of hydrogen-bond acceptors (Lipinski definition) is 1. The fourth-order valence-electron chi connectivity index (χ4n) is 0.531. The van der Waals surface area contributed by atoms with Crippen molar-refractivity contribution in [3.63, 3.8) is 0 Å². The molecule has 0 spiro atoms. The first kappa shape index (κ1) is 10.9. The van der Waals surface area contributed by atoms with Crippen molar-refractivity contribution >= 4 is 22.6 Å². The molecule has 0 saturated carbocycles. The zero-order chi connectivity index (χ0) is 8.69. The highest BCUT2D eigenvalue weighted by Gasteiger charge is 1.81. The molecule has 0 aromatic carbocycles. The topological polar surface area (TPSA) is 17.8 Å². The molecule has 11 heavy (non-hydrogen) atoms. The lowest BCUT2D eigenvalue weighted by atomic mass is 10.5. The van der Waals surface area contributed by atoms with E-state index in [1.165, 1.54) is 10.8 Å². The van der Waals surface area contributed by atoms with Crippen LogP contribution in [0.3, 0.4) is 0 Å². The van der Waals surface area contributed by atoms with Crippen LogP contribution in [-0.2, 0) is 7.05 Å². The summed E-state index contributed by atoms with van der Waals surface area (Å²) in [7, 11) is 1.91. The summed E-state index contributed by atoms with van der Waals surface area (Å²) in [5, 5.41) is 4.03. The largest absolute Gasteiger partial charge is 0.276 e. The van der Waals surface area contributed by atoms with Crippen molar-refractivity contribution in [2.75, 3.05) is 4.43 Å². The Balaban J connectivity index is 0.000000218. The van der Waals surface area contributed by atoms with E-state index in [1.54, 1.807) is 4.68 Å². The first-order valence-electron chi connectivity index (χ1n) is 3.73. The van der Waals surface area contributed by atoms with Gasteiger partial charge in [-0.15, -0.1) is 0 Å². The lowest BCUT2D eigenvalue weighted by Crippen LogP contribution is -1.86. The second-order valence-corrected chi connectivity index (χ2v) is 3.40. The van der Waals surface area contributed by atoms with Crippen molar-refractivity contribution in [2.45, 2.75) is 20.3 Å². The molecule has 0 aliphatic heterocycles. The molecule has 3 heteroatoms. The Morgan fingerprint density at radius 1 is 1.64 bits per heavy atom. The van der Waals surface area contributed by atoms with Gasteiger partial charge < -0.3 is 0 Å². The minimum absolute atomic E-state index is 1.07. The van der Waals surface area contributed by atoms with Gasteiger partial charge in [0.2, 0.25) is 0 Å². The number of aryl methyl sites for hydroxylation is 2. The lowest BCUT2D eigenvalue weighted by molar-refractivity contribution is 0.756. The van der Waals surface area contributed by atoms with Gasteiger partial charge in [-0.2, -0.15) is 5.10 Å². The Kier molecular flexibility index (Phi) is 6.60. The number of rotatable bonds is 1. The van der Waals surface area contributed by atoms with E-state index in [-0.39, 0.29) is 0 Å². The van der Waals surface area contributed by atoms with Crippen molar-refractivity contribution in [1.29, 1.82) is 0 Å². The zero-order valence-corrected chi connectivity index (χ0v) is 9.50. The molecule has 0 saturated heterocycles. The average Bonchev–Trinajstić information content (AvgIpc) is 2.35. The standard InChI is InChI=1S/C5H8N2.C3H7I/c1-5-3-4-7(2)6-5;1-2-3-4/h3-4H,1-2H3;2-3H2,1H3. The van der Waals surface area contributed by atoms with Gasteiger partial charge in [-0.1, -0.05) is 29.5 Å². The number of hydrogen-bond donors (Lipinski definition) is 0. The second-order valence-electron chi connectivity index (χ2n) is 2.32. The normalized spacial score (nSPS) is 8.73. The predicted molar refractivity (Wildman–Crippen MR) is 57.1 cm³/mol. The third-order valence-electron chi connectivity index (χ3n) is 1.04. The minimum Gasteiger partial charge on any atom is -0.276 e. The monoisotopic (exact) mass is 266 g/mol. The first-order valence-corrected chi connectivity index (χ1v) is 5.25. The Morgan fingerprint density at radius 2 is 2.18 bits per heavy atom. The summed E-state index contributed by atoms with van der Waals surface area (Å²) < 4.78 is 3.08. The molecule has 1 aromatic heterocycles. The third kappa shape index (κ3) is 6.34. The summed E-state index contributed by atoms with van der Waals surface area (Å²) in [6.45, 7) is 4.15. The number of nitrogens with zero attached hydrogens (tertiary/aromatic N) is 2. The number of alkyl halides is 1. The van der Waals surface area contributed by atoms with Gasteiger partial charge in [0, 0.05) is 13.2 Å². The summed E-state index contributed by atoms with van der Waals surface area (Å²) in [5.41, 5.74) is 1.07. The predicted octanol–water partition coefficient (Wildman–Crippen LogP) is 2.56. The molecule has 0 N–H and O–H groups in total. The molecule has 0 amide bonds. The molecule has 1 aromatic rings. The average molecular weight is 266 g/mol. The lowest BCUT2D eigenvalue weighted by Gasteiger charge is -1.79. The van der Waals surface area contributed by atoms with Crippen LogP contribution in [0.1, 0.15) is 19.0 Å². The van der Waals surface area contributed by atoms with E-state index in [9.17, 15) is 0 Å². The maximum atomic E-state index is 4.03. The van der Waals surface area contributed by atoms with Crippen molar-refractivity contribution in [3.8, 4) is 0 Å². The van der Waals surface area contributed by atoms with E-state index in [0.717, 1.165) is 5.69 Å². The fourth-order valence-corrected chi connectivity index (χ4v) is 0.531. The van der Waals surface area contributed by atoms with Crippen LogP contribution in [0.25, 0.3) is 0 Å². The van der Waals surface area contributed by atoms with Crippen LogP contribution >= 0.6 is 22.6 Å². The van der Waals surface area contributed by atoms with Gasteiger partial charge in [-0.3, -0.25) is 4.68 Å². The Morgan fingerprint density at radius 3 is 2.27 bits per heavy atom. The maximum Gasteiger partial charge on any atom is 0.0593 e. The molecule has 0 atom stereocenters. The van der Waals surface area contributed by atoms with Crippen LogP contribution < -0.4 is 0 Å². The van der Waals surface area contributed by atoms with E-state index in [2.05, 4.69) is 34.6 Å². The van der Waals surface area contributed by atoms with E-state index >= 15 is 0 Å². The highest BCUT2D eigenvalue weighted by Crippen LogP contribution is 1.86. The number of aromatic nitrogens is 2. The third-order valence-corrected chi connectivity index (χ3v) is 2.11. The molecule has 0 aliphatic rings. The molecule has 2 nitrogen and oxygen atoms in total. The van der Waals surface area contributed by atoms with Crippen molar-refractivity contribution in [1.82, 2.24) is 9.78 Å². The quantitative estimate of drug-likeness (QED) is 0.564. The van der Waals surface area contributed by atoms with Crippen LogP contribution in [-0.4, -0.2) is 14.2 Å². The molecular weight excluding hydrogens is 251 g/mol. The number of halogens is 1. The Labute approximate surface area is 82.1 Å². The van der Waals surface area contributed by atoms with Crippen LogP contribution in [0.5, 0.6) is 0 Å². The van der Waals surface area contributed by atoms with Crippen molar-refractivity contribution < 1.29 is 0 Å². The van der Waals surface area contributed by atoms with E-state index in [1.807, 2.05) is 26.2 Å². The molecule has 0 unspecified atom stereocenters. The minimum atomic E-state index is 1.07. The van der Waals surface area contributed by atoms with Gasteiger partial charge in [0.1, 0.15) is 0 Å². The summed E-state index contributed by atoms with van der Waals surface area (Å²) >= 11 is 2.35. The summed E-state index contributed by atoms with van der Waals surface area (Å²) in [6, 6.07) is 1.97. The van der Waals surface area contributed by atoms with Gasteiger partial charge in [-0.05, 0) is 23.8 Å². The van der Waals surface area contributed by atoms with Crippen molar-refractivity contribution in [2.24, 2.45) is 7.05 Å². The van der Waals surface area contributed by atoms with Crippen molar-refractivity contribution in [3.05, 3.63) is 18.0 Å². The maximum absolute atomic E-state index is 4.03. The van der Waals surface area contributed by atoms with Gasteiger partial charge in [0.05, 0.1) is 5.69 Å². The SMILES string of the molecule is CCCI.Cc1ccn(C)n1. The Bertz CT molecular complexity index is 165. The zero-order valence-electron chi connectivity index (χ0n) is 7.34. The van der Waals surface area contributed by atoms with E-state index in [0.29, 0.717) is 0 Å². The smallest absolute Gasteiger partial charge is 0.0593 e. The highest BCUT2D eigenvalue weighted by molar-refractivity contribution is 14.1. The summed E-state index contributed by atoms with van der Waals surface area (Å²) in [4.78, 5) is 0. The summed E-state index contributed by atoms with van der Waals surface area (Å²) in [5.74, 6) is 0. The second kappa shape index (κ2) is 6.64. The molecule has 0 aliphatic carbocycles. The molecule has 0 fully saturated rings. The van der Waals surface area contributed by atoms with Gasteiger partial charge >= 0.3 is 0 Å².